The lowest BCUT2D eigenvalue weighted by molar-refractivity contribution is 0.0335. The van der Waals surface area contributed by atoms with Crippen LogP contribution in [-0.2, 0) is 24.1 Å². The van der Waals surface area contributed by atoms with Gasteiger partial charge >= 0.3 is 5.97 Å². The van der Waals surface area contributed by atoms with Crippen LogP contribution < -0.4 is 5.32 Å². The molecular formula is C24H32N2O4S. The van der Waals surface area contributed by atoms with Crippen molar-refractivity contribution < 1.29 is 18.7 Å². The zero-order valence-corrected chi connectivity index (χ0v) is 19.3. The standard InChI is InChI=1S/C24H32N2O4S/c1-3-16(2)29-24(28)21-18-9-5-6-10-20(18)31-23(21)25-22(27)19-12-11-17(30-19)15-26-13-7-4-8-14-26/h11-12,16H,3-10,13-15H2,1-2H3,(H,25,27). The fourth-order valence-electron chi connectivity index (χ4n) is 4.28. The van der Waals surface area contributed by atoms with E-state index in [2.05, 4.69) is 10.2 Å². The highest BCUT2D eigenvalue weighted by Crippen LogP contribution is 2.39. The molecule has 1 atom stereocenters. The molecule has 1 saturated heterocycles. The maximum Gasteiger partial charge on any atom is 0.341 e. The first-order valence-electron chi connectivity index (χ1n) is 11.5. The first-order valence-corrected chi connectivity index (χ1v) is 12.3. The highest BCUT2D eigenvalue weighted by Gasteiger charge is 2.29. The van der Waals surface area contributed by atoms with Gasteiger partial charge in [-0.25, -0.2) is 4.79 Å². The summed E-state index contributed by atoms with van der Waals surface area (Å²) in [5.74, 6) is 0.420. The fraction of sp³-hybridized carbons (Fsp3) is 0.583. The molecule has 2 aliphatic rings. The van der Waals surface area contributed by atoms with Gasteiger partial charge in [0.05, 0.1) is 18.2 Å². The first kappa shape index (κ1) is 22.1. The molecule has 2 aromatic heterocycles. The van der Waals surface area contributed by atoms with Gasteiger partial charge < -0.3 is 14.5 Å². The van der Waals surface area contributed by atoms with Crippen molar-refractivity contribution in [3.8, 4) is 0 Å². The van der Waals surface area contributed by atoms with Crippen molar-refractivity contribution in [3.63, 3.8) is 0 Å². The van der Waals surface area contributed by atoms with E-state index in [4.69, 9.17) is 9.15 Å². The molecule has 1 amide bonds. The number of ether oxygens (including phenoxy) is 1. The number of esters is 1. The zero-order chi connectivity index (χ0) is 21.8. The van der Waals surface area contributed by atoms with E-state index >= 15 is 0 Å². The summed E-state index contributed by atoms with van der Waals surface area (Å²) in [6.45, 7) is 6.76. The lowest BCUT2D eigenvalue weighted by atomic mass is 9.95. The number of rotatable bonds is 7. The number of aryl methyl sites for hydroxylation is 1. The highest BCUT2D eigenvalue weighted by molar-refractivity contribution is 7.17. The number of likely N-dealkylation sites (tertiary alicyclic amines) is 1. The minimum atomic E-state index is -0.339. The van der Waals surface area contributed by atoms with E-state index in [-0.39, 0.29) is 23.7 Å². The van der Waals surface area contributed by atoms with Gasteiger partial charge in [0.25, 0.3) is 5.91 Å². The number of nitrogens with one attached hydrogen (secondary N) is 1. The quantitative estimate of drug-likeness (QED) is 0.578. The third-order valence-corrected chi connectivity index (χ3v) is 7.41. The number of amides is 1. The van der Waals surface area contributed by atoms with E-state index in [0.29, 0.717) is 10.6 Å². The van der Waals surface area contributed by atoms with E-state index in [1.807, 2.05) is 19.9 Å². The molecule has 0 spiro atoms. The van der Waals surface area contributed by atoms with Gasteiger partial charge in [-0.05, 0) is 82.7 Å². The number of carbonyl (C=O) groups excluding carboxylic acids is 2. The van der Waals surface area contributed by atoms with Crippen LogP contribution in [0.3, 0.4) is 0 Å². The van der Waals surface area contributed by atoms with Crippen molar-refractivity contribution in [2.24, 2.45) is 0 Å². The number of hydrogen-bond acceptors (Lipinski definition) is 6. The summed E-state index contributed by atoms with van der Waals surface area (Å²) in [6.07, 6.45) is 8.28. The molecule has 7 heteroatoms. The van der Waals surface area contributed by atoms with Crippen LogP contribution in [0.2, 0.25) is 0 Å². The second kappa shape index (κ2) is 10.0. The van der Waals surface area contributed by atoms with Gasteiger partial charge in [-0.1, -0.05) is 13.3 Å². The third-order valence-electron chi connectivity index (χ3n) is 6.20. The maximum absolute atomic E-state index is 12.9. The monoisotopic (exact) mass is 444 g/mol. The Morgan fingerprint density at radius 1 is 1.16 bits per heavy atom. The Morgan fingerprint density at radius 2 is 1.94 bits per heavy atom. The number of nitrogens with zero attached hydrogens (tertiary/aromatic N) is 1. The van der Waals surface area contributed by atoms with Crippen LogP contribution in [0.1, 0.15) is 89.5 Å². The number of carbonyl (C=O) groups is 2. The second-order valence-electron chi connectivity index (χ2n) is 8.60. The summed E-state index contributed by atoms with van der Waals surface area (Å²) in [6, 6.07) is 3.60. The summed E-state index contributed by atoms with van der Waals surface area (Å²) in [4.78, 5) is 29.4. The van der Waals surface area contributed by atoms with Crippen molar-refractivity contribution in [2.45, 2.75) is 77.9 Å². The van der Waals surface area contributed by atoms with Crippen LogP contribution >= 0.6 is 11.3 Å². The number of anilines is 1. The van der Waals surface area contributed by atoms with E-state index in [1.165, 1.54) is 35.5 Å². The molecule has 31 heavy (non-hydrogen) atoms. The molecule has 1 aliphatic carbocycles. The number of thiophene rings is 1. The third kappa shape index (κ3) is 5.21. The molecule has 1 unspecified atom stereocenters. The molecular weight excluding hydrogens is 412 g/mol. The van der Waals surface area contributed by atoms with E-state index in [0.717, 1.165) is 63.1 Å². The Balaban J connectivity index is 1.50. The number of piperidine rings is 1. The van der Waals surface area contributed by atoms with Crippen molar-refractivity contribution in [3.05, 3.63) is 39.7 Å². The van der Waals surface area contributed by atoms with Crippen molar-refractivity contribution in [1.29, 1.82) is 0 Å². The molecule has 0 radical (unpaired) electrons. The molecule has 6 nitrogen and oxygen atoms in total. The molecule has 3 heterocycles. The normalized spacial score (nSPS) is 17.7. The Kier molecular flexibility index (Phi) is 7.13. The zero-order valence-electron chi connectivity index (χ0n) is 18.5. The lowest BCUT2D eigenvalue weighted by Gasteiger charge is -2.25. The summed E-state index contributed by atoms with van der Waals surface area (Å²) in [5.41, 5.74) is 1.58. The predicted molar refractivity (Wildman–Crippen MR) is 122 cm³/mol. The fourth-order valence-corrected chi connectivity index (χ4v) is 5.55. The van der Waals surface area contributed by atoms with Gasteiger partial charge in [-0.2, -0.15) is 0 Å². The lowest BCUT2D eigenvalue weighted by Crippen LogP contribution is -2.28. The molecule has 0 saturated carbocycles. The molecule has 0 aromatic carbocycles. The van der Waals surface area contributed by atoms with E-state index in [9.17, 15) is 9.59 Å². The molecule has 2 aromatic rings. The van der Waals surface area contributed by atoms with E-state index < -0.39 is 0 Å². The Hall–Kier alpha value is -2.12. The average Bonchev–Trinajstić information content (AvgIpc) is 3.38. The minimum Gasteiger partial charge on any atom is -0.459 e. The maximum atomic E-state index is 12.9. The van der Waals surface area contributed by atoms with Crippen LogP contribution in [0.15, 0.2) is 16.5 Å². The van der Waals surface area contributed by atoms with Crippen molar-refractivity contribution in [1.82, 2.24) is 4.90 Å². The number of furan rings is 1. The van der Waals surface area contributed by atoms with Crippen LogP contribution in [0.25, 0.3) is 0 Å². The van der Waals surface area contributed by atoms with Gasteiger partial charge in [0, 0.05) is 4.88 Å². The molecule has 168 valence electrons. The molecule has 1 aliphatic heterocycles. The van der Waals surface area contributed by atoms with Gasteiger partial charge in [0.15, 0.2) is 5.76 Å². The summed E-state index contributed by atoms with van der Waals surface area (Å²) in [7, 11) is 0. The first-order chi connectivity index (χ1) is 15.0. The van der Waals surface area contributed by atoms with Gasteiger partial charge in [-0.3, -0.25) is 9.69 Å². The topological polar surface area (TPSA) is 71.8 Å². The number of hydrogen-bond donors (Lipinski definition) is 1. The van der Waals surface area contributed by atoms with Crippen molar-refractivity contribution >= 4 is 28.2 Å². The largest absolute Gasteiger partial charge is 0.459 e. The van der Waals surface area contributed by atoms with Gasteiger partial charge in [0.2, 0.25) is 0 Å². The number of fused-ring (bicyclic) bond motifs is 1. The molecule has 0 bridgehead atoms. The van der Waals surface area contributed by atoms with Crippen LogP contribution in [-0.4, -0.2) is 36.0 Å². The summed E-state index contributed by atoms with van der Waals surface area (Å²) in [5, 5.41) is 3.53. The van der Waals surface area contributed by atoms with E-state index in [1.54, 1.807) is 6.07 Å². The van der Waals surface area contributed by atoms with Crippen LogP contribution in [0.5, 0.6) is 0 Å². The Labute approximate surface area is 187 Å². The predicted octanol–water partition coefficient (Wildman–Crippen LogP) is 5.41. The summed E-state index contributed by atoms with van der Waals surface area (Å²) < 4.78 is 11.5. The minimum absolute atomic E-state index is 0.155. The Bertz CT molecular complexity index is 926. The van der Waals surface area contributed by atoms with Crippen molar-refractivity contribution in [2.75, 3.05) is 18.4 Å². The molecule has 1 N–H and O–H groups in total. The van der Waals surface area contributed by atoms with Gasteiger partial charge in [-0.15, -0.1) is 11.3 Å². The SMILES string of the molecule is CCC(C)OC(=O)c1c(NC(=O)c2ccc(CN3CCCCC3)o2)sc2c1CCCC2. The van der Waals surface area contributed by atoms with Crippen LogP contribution in [0, 0.1) is 0 Å². The van der Waals surface area contributed by atoms with Crippen LogP contribution in [0.4, 0.5) is 5.00 Å². The average molecular weight is 445 g/mol. The van der Waals surface area contributed by atoms with Gasteiger partial charge in [0.1, 0.15) is 10.8 Å². The molecule has 1 fully saturated rings. The highest BCUT2D eigenvalue weighted by atomic mass is 32.1. The Morgan fingerprint density at radius 3 is 2.71 bits per heavy atom. The summed E-state index contributed by atoms with van der Waals surface area (Å²) >= 11 is 1.50. The molecule has 4 rings (SSSR count). The smallest absolute Gasteiger partial charge is 0.341 e. The second-order valence-corrected chi connectivity index (χ2v) is 9.70.